The summed E-state index contributed by atoms with van der Waals surface area (Å²) in [5.74, 6) is -0.920. The zero-order valence-corrected chi connectivity index (χ0v) is 8.88. The third kappa shape index (κ3) is 1.91. The average Bonchev–Trinajstić information content (AvgIpc) is 1.96. The Hall–Kier alpha value is -0.178. The summed E-state index contributed by atoms with van der Waals surface area (Å²) in [6.45, 7) is 0. The molecule has 0 bridgehead atoms. The van der Waals surface area contributed by atoms with Crippen molar-refractivity contribution >= 4 is 37.1 Å². The molecule has 1 rings (SSSR count). The van der Waals surface area contributed by atoms with Crippen LogP contribution in [-0.4, -0.2) is 43.1 Å². The molecule has 1 fully saturated rings. The van der Waals surface area contributed by atoms with E-state index in [1.165, 1.54) is 0 Å². The molecule has 0 spiro atoms. The molecule has 1 atom stereocenters. The minimum absolute atomic E-state index is 0.0498. The van der Waals surface area contributed by atoms with Crippen LogP contribution in [0.2, 0.25) is 0 Å². The summed E-state index contributed by atoms with van der Waals surface area (Å²) in [7, 11) is 0. The second-order valence-corrected chi connectivity index (χ2v) is 4.02. The molecule has 1 aliphatic heterocycles. The van der Waals surface area contributed by atoms with Gasteiger partial charge in [-0.25, -0.2) is 0 Å². The molecule has 2 N–H and O–H groups in total. The van der Waals surface area contributed by atoms with Crippen LogP contribution in [-0.2, 0) is 15.0 Å². The zero-order chi connectivity index (χ0) is 7.56. The van der Waals surface area contributed by atoms with Crippen LogP contribution in [0.15, 0.2) is 0 Å². The van der Waals surface area contributed by atoms with E-state index in [0.717, 1.165) is 0 Å². The summed E-state index contributed by atoms with van der Waals surface area (Å²) in [5.41, 5.74) is 5.22. The van der Waals surface area contributed by atoms with Crippen molar-refractivity contribution in [3.8, 4) is 0 Å². The summed E-state index contributed by atoms with van der Waals surface area (Å²) < 4.78 is 9.15. The molecule has 2 radical (unpaired) electrons. The summed E-state index contributed by atoms with van der Waals surface area (Å²) in [4.78, 5) is 21.2. The van der Waals surface area contributed by atoms with Gasteiger partial charge in [-0.05, 0) is 0 Å². The van der Waals surface area contributed by atoms with Crippen molar-refractivity contribution in [1.82, 2.24) is 0 Å². The molecule has 0 aromatic heterocycles. The molecule has 0 aliphatic carbocycles. The first-order valence-electron chi connectivity index (χ1n) is 2.61. The van der Waals surface area contributed by atoms with Crippen LogP contribution >= 0.6 is 0 Å². The Kier molecular flexibility index (Phi) is 2.60. The minimum atomic E-state index is -1.88. The van der Waals surface area contributed by atoms with E-state index in [-0.39, 0.29) is 6.42 Å². The first kappa shape index (κ1) is 7.92. The van der Waals surface area contributed by atoms with Gasteiger partial charge in [0.1, 0.15) is 0 Å². The average molecular weight is 338 g/mol. The molecule has 0 aromatic rings. The van der Waals surface area contributed by atoms with Gasteiger partial charge >= 0.3 is 70.2 Å². The molecular formula is C4H5NO4Pb. The van der Waals surface area contributed by atoms with E-state index in [0.29, 0.717) is 0 Å². The molecule has 5 nitrogen and oxygen atoms in total. The van der Waals surface area contributed by atoms with Gasteiger partial charge in [-0.1, -0.05) is 0 Å². The summed E-state index contributed by atoms with van der Waals surface area (Å²) >= 11 is -1.88. The van der Waals surface area contributed by atoms with Gasteiger partial charge in [-0.15, -0.1) is 0 Å². The first-order valence-corrected chi connectivity index (χ1v) is 5.78. The van der Waals surface area contributed by atoms with Crippen LogP contribution in [0.3, 0.4) is 0 Å². The van der Waals surface area contributed by atoms with E-state index >= 15 is 0 Å². The van der Waals surface area contributed by atoms with E-state index in [9.17, 15) is 9.59 Å². The van der Waals surface area contributed by atoms with Crippen LogP contribution in [0.5, 0.6) is 0 Å². The van der Waals surface area contributed by atoms with Gasteiger partial charge in [0.05, 0.1) is 0 Å². The van der Waals surface area contributed by atoms with Gasteiger partial charge < -0.3 is 0 Å². The monoisotopic (exact) mass is 339 g/mol. The Balaban J connectivity index is 2.57. The zero-order valence-electron chi connectivity index (χ0n) is 4.99. The maximum atomic E-state index is 10.6. The molecule has 0 aromatic carbocycles. The van der Waals surface area contributed by atoms with Gasteiger partial charge in [0.15, 0.2) is 0 Å². The Morgan fingerprint density at radius 3 is 2.90 bits per heavy atom. The number of carbonyl (C=O) groups excluding carboxylic acids is 2. The molecular weight excluding hydrogens is 333 g/mol. The van der Waals surface area contributed by atoms with Crippen LogP contribution in [0.1, 0.15) is 6.42 Å². The number of nitrogens with two attached hydrogens (primary N) is 1. The number of rotatable bonds is 0. The molecule has 54 valence electrons. The molecule has 10 heavy (non-hydrogen) atoms. The molecule has 1 saturated heterocycles. The van der Waals surface area contributed by atoms with Gasteiger partial charge in [-0.2, -0.15) is 0 Å². The van der Waals surface area contributed by atoms with Gasteiger partial charge in [0.25, 0.3) is 0 Å². The van der Waals surface area contributed by atoms with E-state index in [2.05, 4.69) is 5.37 Å². The van der Waals surface area contributed by atoms with Crippen molar-refractivity contribution in [3.63, 3.8) is 0 Å². The van der Waals surface area contributed by atoms with E-state index in [4.69, 9.17) is 5.73 Å². The Labute approximate surface area is 70.4 Å². The molecule has 0 unspecified atom stereocenters. The third-order valence-electron chi connectivity index (χ3n) is 0.987. The van der Waals surface area contributed by atoms with Crippen LogP contribution < -0.4 is 5.73 Å². The molecule has 0 amide bonds. The van der Waals surface area contributed by atoms with Crippen LogP contribution in [0, 0.1) is 0 Å². The normalized spacial score (nSPS) is 26.7. The maximum absolute atomic E-state index is 10.6. The van der Waals surface area contributed by atoms with Crippen LogP contribution in [0.25, 0.3) is 0 Å². The van der Waals surface area contributed by atoms with Gasteiger partial charge in [-0.3, -0.25) is 0 Å². The Bertz CT molecular complexity index is 171. The Morgan fingerprint density at radius 1 is 1.50 bits per heavy atom. The third-order valence-corrected chi connectivity index (χ3v) is 3.30. The summed E-state index contributed by atoms with van der Waals surface area (Å²) in [6.07, 6.45) is -0.0498. The fourth-order valence-corrected chi connectivity index (χ4v) is 2.24. The summed E-state index contributed by atoms with van der Waals surface area (Å²) in [6, 6.07) is -0.817. The number of hydrogen-bond donors (Lipinski definition) is 1. The van der Waals surface area contributed by atoms with Crippen molar-refractivity contribution in [1.29, 1.82) is 0 Å². The molecule has 1 aliphatic rings. The second kappa shape index (κ2) is 3.28. The van der Waals surface area contributed by atoms with Crippen molar-refractivity contribution in [2.24, 2.45) is 5.73 Å². The van der Waals surface area contributed by atoms with E-state index < -0.39 is 43.1 Å². The fraction of sp³-hybridized carbons (Fsp3) is 0.500. The second-order valence-electron chi connectivity index (χ2n) is 1.79. The predicted octanol–water partition coefficient (Wildman–Crippen LogP) is -1.66. The van der Waals surface area contributed by atoms with Crippen LogP contribution in [0.4, 0.5) is 0 Å². The topological polar surface area (TPSA) is 78.6 Å². The molecule has 1 heterocycles. The van der Waals surface area contributed by atoms with E-state index in [1.807, 2.05) is 0 Å². The van der Waals surface area contributed by atoms with Crippen molar-refractivity contribution in [2.45, 2.75) is 12.5 Å². The standard InChI is InChI=1S/C4H7NO4.Pb/c5-2(4(8)9)1-3(6)7;/h2H,1,5H2,(H,6,7)(H,8,9);/q;+2/p-2/t2-;/m1./s1. The summed E-state index contributed by atoms with van der Waals surface area (Å²) in [5, 5.41) is 0. The van der Waals surface area contributed by atoms with Crippen molar-refractivity contribution in [2.75, 3.05) is 0 Å². The molecule has 6 heteroatoms. The SMILES string of the molecule is N[C@@H]1CC(=O)[O][Pb][O]C1=O. The van der Waals surface area contributed by atoms with E-state index in [1.54, 1.807) is 0 Å². The van der Waals surface area contributed by atoms with Crippen molar-refractivity contribution in [3.05, 3.63) is 0 Å². The molecule has 0 saturated carbocycles. The van der Waals surface area contributed by atoms with Gasteiger partial charge in [0.2, 0.25) is 0 Å². The Morgan fingerprint density at radius 2 is 2.20 bits per heavy atom. The van der Waals surface area contributed by atoms with Gasteiger partial charge in [0, 0.05) is 0 Å². The number of carbonyl (C=O) groups is 2. The van der Waals surface area contributed by atoms with Crippen molar-refractivity contribution < 1.29 is 15.0 Å². The fourth-order valence-electron chi connectivity index (χ4n) is 0.489. The quantitative estimate of drug-likeness (QED) is 0.535. The number of hydrogen-bond acceptors (Lipinski definition) is 5. The first-order chi connectivity index (χ1) is 4.70. The predicted molar refractivity (Wildman–Crippen MR) is 30.5 cm³/mol.